The highest BCUT2D eigenvalue weighted by molar-refractivity contribution is 6.22. The van der Waals surface area contributed by atoms with E-state index in [1.807, 2.05) is 0 Å². The summed E-state index contributed by atoms with van der Waals surface area (Å²) in [5.74, 6) is 0.926. The number of nitrogens with zero attached hydrogens (tertiary/aromatic N) is 4. The summed E-state index contributed by atoms with van der Waals surface area (Å²) in [6, 6.07) is 36.4. The lowest BCUT2D eigenvalue weighted by Gasteiger charge is -2.11. The van der Waals surface area contributed by atoms with E-state index in [4.69, 9.17) is 4.98 Å². The van der Waals surface area contributed by atoms with Crippen LogP contribution in [0.3, 0.4) is 0 Å². The number of benzene rings is 4. The van der Waals surface area contributed by atoms with Crippen LogP contribution in [0.5, 0.6) is 0 Å². The smallest absolute Gasteiger partial charge is 0.221 e. The summed E-state index contributed by atoms with van der Waals surface area (Å²) >= 11 is 0. The molecule has 0 fully saturated rings. The van der Waals surface area contributed by atoms with Crippen LogP contribution >= 0.6 is 0 Å². The van der Waals surface area contributed by atoms with Gasteiger partial charge >= 0.3 is 0 Å². The first-order valence-corrected chi connectivity index (χ1v) is 11.2. The highest BCUT2D eigenvalue weighted by Gasteiger charge is 2.23. The number of para-hydroxylation sites is 4. The monoisotopic (exact) mass is 422 g/mol. The lowest BCUT2D eigenvalue weighted by Crippen LogP contribution is -2.02. The van der Waals surface area contributed by atoms with Gasteiger partial charge in [0.25, 0.3) is 0 Å². The van der Waals surface area contributed by atoms with E-state index in [1.54, 1.807) is 0 Å². The van der Waals surface area contributed by atoms with E-state index < -0.39 is 0 Å². The van der Waals surface area contributed by atoms with Crippen LogP contribution in [-0.4, -0.2) is 18.4 Å². The van der Waals surface area contributed by atoms with Crippen LogP contribution < -0.4 is 0 Å². The van der Waals surface area contributed by atoms with Crippen LogP contribution in [0.4, 0.5) is 0 Å². The Balaban J connectivity index is 1.81. The van der Waals surface area contributed by atoms with Crippen molar-refractivity contribution in [2.75, 3.05) is 0 Å². The van der Waals surface area contributed by atoms with Crippen molar-refractivity contribution in [3.8, 4) is 5.69 Å². The molecule has 0 amide bonds. The first-order valence-electron chi connectivity index (χ1n) is 11.2. The third kappa shape index (κ3) is 2.08. The summed E-state index contributed by atoms with van der Waals surface area (Å²) in [5.41, 5.74) is 6.78. The predicted octanol–water partition coefficient (Wildman–Crippen LogP) is 6.99. The Labute approximate surface area is 188 Å². The minimum atomic E-state index is 0.926. The van der Waals surface area contributed by atoms with E-state index >= 15 is 0 Å². The molecule has 0 saturated heterocycles. The number of imidazole rings is 1. The second-order valence-electron chi connectivity index (χ2n) is 8.56. The van der Waals surface area contributed by atoms with Gasteiger partial charge in [-0.15, -0.1) is 0 Å². The molecule has 8 rings (SSSR count). The number of rotatable bonds is 1. The van der Waals surface area contributed by atoms with E-state index in [0.717, 1.165) is 28.1 Å². The molecule has 4 nitrogen and oxygen atoms in total. The summed E-state index contributed by atoms with van der Waals surface area (Å²) in [7, 11) is 0. The Hall–Kier alpha value is -4.57. The standard InChI is InChI=1S/C29H18N4/c1-2-11-20(12-3-1)32-24-16-8-6-14-22(24)26-27-21-13-5-4-10-19(21)18-31(27)29-30-23-15-7-9-17-25(23)33(29)28(26)32/h1-18H. The van der Waals surface area contributed by atoms with E-state index in [9.17, 15) is 0 Å². The average Bonchev–Trinajstić information content (AvgIpc) is 3.54. The fraction of sp³-hybridized carbons (Fsp3) is 0. The minimum Gasteiger partial charge on any atom is -0.295 e. The maximum Gasteiger partial charge on any atom is 0.221 e. The molecule has 0 N–H and O–H groups in total. The Morgan fingerprint density at radius 2 is 1.30 bits per heavy atom. The van der Waals surface area contributed by atoms with Gasteiger partial charge in [0.1, 0.15) is 5.65 Å². The van der Waals surface area contributed by atoms with Crippen molar-refractivity contribution < 1.29 is 0 Å². The molecular formula is C29H18N4. The first-order chi connectivity index (χ1) is 16.4. The van der Waals surface area contributed by atoms with Crippen LogP contribution in [-0.2, 0) is 0 Å². The number of aromatic nitrogens is 4. The molecular weight excluding hydrogens is 404 g/mol. The van der Waals surface area contributed by atoms with Crippen molar-refractivity contribution in [3.63, 3.8) is 0 Å². The molecule has 8 aromatic rings. The summed E-state index contributed by atoms with van der Waals surface area (Å²) in [6.07, 6.45) is 2.22. The molecule has 0 spiro atoms. The fourth-order valence-corrected chi connectivity index (χ4v) is 5.47. The van der Waals surface area contributed by atoms with Crippen LogP contribution in [0.15, 0.2) is 109 Å². The lowest BCUT2D eigenvalue weighted by atomic mass is 10.1. The van der Waals surface area contributed by atoms with E-state index in [1.165, 1.54) is 32.6 Å². The molecule has 4 aromatic heterocycles. The topological polar surface area (TPSA) is 26.6 Å². The van der Waals surface area contributed by atoms with Gasteiger partial charge in [0.15, 0.2) is 0 Å². The Bertz CT molecular complexity index is 2020. The number of hydrogen-bond acceptors (Lipinski definition) is 1. The fourth-order valence-electron chi connectivity index (χ4n) is 5.47. The van der Waals surface area contributed by atoms with Crippen LogP contribution in [0.25, 0.3) is 60.7 Å². The third-order valence-corrected chi connectivity index (χ3v) is 6.80. The van der Waals surface area contributed by atoms with Crippen LogP contribution in [0.1, 0.15) is 0 Å². The molecule has 0 bridgehead atoms. The molecule has 4 aromatic carbocycles. The van der Waals surface area contributed by atoms with Gasteiger partial charge in [-0.2, -0.15) is 0 Å². The van der Waals surface area contributed by atoms with Crippen LogP contribution in [0.2, 0.25) is 0 Å². The summed E-state index contributed by atoms with van der Waals surface area (Å²) in [5, 5.41) is 4.94. The zero-order valence-electron chi connectivity index (χ0n) is 17.7. The molecule has 4 heteroatoms. The molecule has 0 aliphatic carbocycles. The molecule has 0 atom stereocenters. The van der Waals surface area contributed by atoms with Crippen LogP contribution in [0, 0.1) is 0 Å². The quantitative estimate of drug-likeness (QED) is 0.280. The molecule has 4 heterocycles. The van der Waals surface area contributed by atoms with Crippen molar-refractivity contribution in [1.29, 1.82) is 0 Å². The number of fused-ring (bicyclic) bond motifs is 12. The van der Waals surface area contributed by atoms with Gasteiger partial charge in [-0.25, -0.2) is 4.98 Å². The average molecular weight is 422 g/mol. The molecule has 154 valence electrons. The normalized spacial score (nSPS) is 12.2. The minimum absolute atomic E-state index is 0.926. The van der Waals surface area contributed by atoms with E-state index in [2.05, 4.69) is 123 Å². The Kier molecular flexibility index (Phi) is 3.11. The third-order valence-electron chi connectivity index (χ3n) is 6.80. The summed E-state index contributed by atoms with van der Waals surface area (Å²) in [6.45, 7) is 0. The summed E-state index contributed by atoms with van der Waals surface area (Å²) in [4.78, 5) is 5.11. The van der Waals surface area contributed by atoms with Gasteiger partial charge in [0, 0.05) is 28.0 Å². The van der Waals surface area contributed by atoms with Gasteiger partial charge in [-0.3, -0.25) is 13.4 Å². The van der Waals surface area contributed by atoms with Crippen molar-refractivity contribution in [2.24, 2.45) is 0 Å². The van der Waals surface area contributed by atoms with Gasteiger partial charge in [0.2, 0.25) is 5.78 Å². The Morgan fingerprint density at radius 1 is 0.606 bits per heavy atom. The molecule has 0 aliphatic heterocycles. The summed E-state index contributed by atoms with van der Waals surface area (Å²) < 4.78 is 6.98. The van der Waals surface area contributed by atoms with Gasteiger partial charge in [-0.05, 0) is 30.3 Å². The second kappa shape index (κ2) is 6.02. The number of hydrogen-bond donors (Lipinski definition) is 0. The van der Waals surface area contributed by atoms with Gasteiger partial charge in [0.05, 0.1) is 27.5 Å². The lowest BCUT2D eigenvalue weighted by molar-refractivity contribution is 1.07. The molecule has 0 aliphatic rings. The zero-order chi connectivity index (χ0) is 21.5. The SMILES string of the molecule is c1ccc(-n2c3ccccc3c3c4c5ccccc5cn4c4nc5ccccc5n4c32)cc1. The van der Waals surface area contributed by atoms with Gasteiger partial charge in [-0.1, -0.05) is 72.8 Å². The van der Waals surface area contributed by atoms with Crippen molar-refractivity contribution in [3.05, 3.63) is 109 Å². The Morgan fingerprint density at radius 3 is 2.18 bits per heavy atom. The highest BCUT2D eigenvalue weighted by Crippen LogP contribution is 2.39. The largest absolute Gasteiger partial charge is 0.295 e. The first kappa shape index (κ1) is 17.0. The van der Waals surface area contributed by atoms with E-state index in [-0.39, 0.29) is 0 Å². The molecule has 33 heavy (non-hydrogen) atoms. The second-order valence-corrected chi connectivity index (χ2v) is 8.56. The predicted molar refractivity (Wildman–Crippen MR) is 135 cm³/mol. The molecule has 0 unspecified atom stereocenters. The van der Waals surface area contributed by atoms with Gasteiger partial charge < -0.3 is 0 Å². The highest BCUT2D eigenvalue weighted by atomic mass is 15.2. The van der Waals surface area contributed by atoms with Crippen molar-refractivity contribution in [1.82, 2.24) is 18.4 Å². The maximum atomic E-state index is 5.11. The van der Waals surface area contributed by atoms with E-state index in [0.29, 0.717) is 0 Å². The molecule has 0 radical (unpaired) electrons. The van der Waals surface area contributed by atoms with Crippen molar-refractivity contribution in [2.45, 2.75) is 0 Å². The zero-order valence-corrected chi connectivity index (χ0v) is 17.7. The molecule has 0 saturated carbocycles. The maximum absolute atomic E-state index is 5.11. The van der Waals surface area contributed by atoms with Crippen molar-refractivity contribution >= 4 is 55.0 Å².